The molecule has 0 aliphatic rings. The van der Waals surface area contributed by atoms with Crippen LogP contribution in [-0.4, -0.2) is 16.6 Å². The van der Waals surface area contributed by atoms with Gasteiger partial charge < -0.3 is 5.11 Å². The van der Waals surface area contributed by atoms with Crippen molar-refractivity contribution in [2.75, 3.05) is 6.54 Å². The molecule has 0 fully saturated rings. The van der Waals surface area contributed by atoms with Crippen LogP contribution in [-0.2, 0) is 0 Å². The maximum Gasteiger partial charge on any atom is 0.131 e. The van der Waals surface area contributed by atoms with Crippen molar-refractivity contribution in [3.05, 3.63) is 54.1 Å². The Kier molecular flexibility index (Phi) is 4.66. The lowest BCUT2D eigenvalue weighted by Gasteiger charge is -2.15. The van der Waals surface area contributed by atoms with Crippen LogP contribution >= 0.6 is 0 Å². The lowest BCUT2D eigenvalue weighted by Crippen LogP contribution is -2.22. The van der Waals surface area contributed by atoms with E-state index in [1.165, 1.54) is 12.8 Å². The van der Waals surface area contributed by atoms with E-state index in [9.17, 15) is 5.11 Å². The van der Waals surface area contributed by atoms with E-state index in [4.69, 9.17) is 4.98 Å². The van der Waals surface area contributed by atoms with Gasteiger partial charge in [0.25, 0.3) is 0 Å². The maximum absolute atomic E-state index is 10.5. The first-order chi connectivity index (χ1) is 10.8. The Bertz CT molecular complexity index is 770. The first kappa shape index (κ1) is 14.9. The number of rotatable bonds is 6. The molecule has 0 saturated heterocycles. The smallest absolute Gasteiger partial charge is 0.131 e. The molecule has 3 nitrogen and oxygen atoms in total. The van der Waals surface area contributed by atoms with E-state index in [1.54, 1.807) is 0 Å². The highest BCUT2D eigenvalue weighted by Gasteiger charge is 2.11. The zero-order chi connectivity index (χ0) is 15.4. The van der Waals surface area contributed by atoms with Gasteiger partial charge >= 0.3 is 0 Å². The molecule has 22 heavy (non-hydrogen) atoms. The van der Waals surface area contributed by atoms with Crippen LogP contribution < -0.4 is 5.32 Å². The van der Waals surface area contributed by atoms with Gasteiger partial charge in [0.15, 0.2) is 0 Å². The predicted octanol–water partition coefficient (Wildman–Crippen LogP) is 4.16. The Hall–Kier alpha value is -1.97. The Morgan fingerprint density at radius 3 is 2.73 bits per heavy atom. The maximum atomic E-state index is 10.5. The summed E-state index contributed by atoms with van der Waals surface area (Å²) in [6.07, 6.45) is 2.80. The third kappa shape index (κ3) is 3.11. The Morgan fingerprint density at radius 2 is 1.86 bits per heavy atom. The molecule has 3 aromatic rings. The van der Waals surface area contributed by atoms with Gasteiger partial charge in [0.05, 0.1) is 11.0 Å². The number of aromatic nitrogens is 1. The zero-order valence-corrected chi connectivity index (χ0v) is 12.9. The van der Waals surface area contributed by atoms with Crippen LogP contribution in [0.4, 0.5) is 0 Å². The normalized spacial score (nSPS) is 12.8. The lowest BCUT2D eigenvalue weighted by atomic mass is 10.0. The molecule has 1 aromatic heterocycles. The average molecular weight is 294 g/mol. The fourth-order valence-electron chi connectivity index (χ4n) is 2.78. The molecule has 3 heteroatoms. The highest BCUT2D eigenvalue weighted by molar-refractivity contribution is 5.94. The number of fused-ring (bicyclic) bond motifs is 2. The SMILES string of the molecule is CCCCCNC(O)c1cccc2nc3ccccc3cc12. The molecule has 0 aliphatic carbocycles. The van der Waals surface area contributed by atoms with Gasteiger partial charge in [-0.3, -0.25) is 5.32 Å². The van der Waals surface area contributed by atoms with E-state index >= 15 is 0 Å². The van der Waals surface area contributed by atoms with Gasteiger partial charge in [-0.05, 0) is 31.2 Å². The number of pyridine rings is 1. The summed E-state index contributed by atoms with van der Waals surface area (Å²) in [5, 5.41) is 15.8. The number of benzene rings is 2. The van der Waals surface area contributed by atoms with E-state index in [2.05, 4.69) is 24.4 Å². The number of aliphatic hydroxyl groups is 1. The Balaban J connectivity index is 1.93. The highest BCUT2D eigenvalue weighted by Crippen LogP contribution is 2.25. The van der Waals surface area contributed by atoms with Crippen molar-refractivity contribution in [3.63, 3.8) is 0 Å². The summed E-state index contributed by atoms with van der Waals surface area (Å²) in [5.74, 6) is 0. The van der Waals surface area contributed by atoms with Crippen molar-refractivity contribution in [3.8, 4) is 0 Å². The number of nitrogens with one attached hydrogen (secondary N) is 1. The number of nitrogens with zero attached hydrogens (tertiary/aromatic N) is 1. The second kappa shape index (κ2) is 6.86. The fraction of sp³-hybridized carbons (Fsp3) is 0.316. The number of aliphatic hydroxyl groups excluding tert-OH is 1. The average Bonchev–Trinajstić information content (AvgIpc) is 2.56. The molecule has 0 saturated carbocycles. The van der Waals surface area contributed by atoms with E-state index in [1.807, 2.05) is 36.4 Å². The third-order valence-corrected chi connectivity index (χ3v) is 4.01. The van der Waals surface area contributed by atoms with E-state index in [0.717, 1.165) is 40.3 Å². The molecule has 0 amide bonds. The van der Waals surface area contributed by atoms with Gasteiger partial charge in [-0.25, -0.2) is 4.98 Å². The van der Waals surface area contributed by atoms with Crippen LogP contribution in [0.5, 0.6) is 0 Å². The lowest BCUT2D eigenvalue weighted by molar-refractivity contribution is 0.140. The van der Waals surface area contributed by atoms with Crippen molar-refractivity contribution >= 4 is 21.8 Å². The van der Waals surface area contributed by atoms with E-state index in [-0.39, 0.29) is 0 Å². The summed E-state index contributed by atoms with van der Waals surface area (Å²) in [7, 11) is 0. The number of para-hydroxylation sites is 1. The second-order valence-electron chi connectivity index (χ2n) is 5.66. The third-order valence-electron chi connectivity index (χ3n) is 4.01. The van der Waals surface area contributed by atoms with Gasteiger partial charge in [0.2, 0.25) is 0 Å². The van der Waals surface area contributed by atoms with Crippen LogP contribution in [0.1, 0.15) is 38.0 Å². The largest absolute Gasteiger partial charge is 0.374 e. The number of hydrogen-bond acceptors (Lipinski definition) is 3. The van der Waals surface area contributed by atoms with Crippen molar-refractivity contribution in [1.82, 2.24) is 10.3 Å². The first-order valence-electron chi connectivity index (χ1n) is 7.99. The molecule has 2 aromatic carbocycles. The van der Waals surface area contributed by atoms with Crippen molar-refractivity contribution in [1.29, 1.82) is 0 Å². The highest BCUT2D eigenvalue weighted by atomic mass is 16.3. The summed E-state index contributed by atoms with van der Waals surface area (Å²) in [6.45, 7) is 3.00. The van der Waals surface area contributed by atoms with Crippen LogP contribution in [0.3, 0.4) is 0 Å². The summed E-state index contributed by atoms with van der Waals surface area (Å²) in [6, 6.07) is 16.1. The number of hydrogen-bond donors (Lipinski definition) is 2. The van der Waals surface area contributed by atoms with E-state index in [0.29, 0.717) is 0 Å². The van der Waals surface area contributed by atoms with Crippen LogP contribution in [0.15, 0.2) is 48.5 Å². The van der Waals surface area contributed by atoms with Crippen molar-refractivity contribution in [2.45, 2.75) is 32.4 Å². The molecule has 0 bridgehead atoms. The second-order valence-corrected chi connectivity index (χ2v) is 5.66. The molecule has 1 heterocycles. The monoisotopic (exact) mass is 294 g/mol. The molecule has 114 valence electrons. The minimum absolute atomic E-state index is 0.650. The topological polar surface area (TPSA) is 45.1 Å². The molecule has 0 radical (unpaired) electrons. The quantitative estimate of drug-likeness (QED) is 0.407. The van der Waals surface area contributed by atoms with Crippen LogP contribution in [0.25, 0.3) is 21.8 Å². The molecule has 0 spiro atoms. The molecule has 0 aliphatic heterocycles. The van der Waals surface area contributed by atoms with Crippen LogP contribution in [0.2, 0.25) is 0 Å². The molecule has 3 rings (SSSR count). The van der Waals surface area contributed by atoms with Gasteiger partial charge in [0, 0.05) is 16.3 Å². The minimum Gasteiger partial charge on any atom is -0.374 e. The predicted molar refractivity (Wildman–Crippen MR) is 91.7 cm³/mol. The van der Waals surface area contributed by atoms with Gasteiger partial charge in [-0.1, -0.05) is 50.1 Å². The Morgan fingerprint density at radius 1 is 1.05 bits per heavy atom. The molecular formula is C19H22N2O. The standard InChI is InChI=1S/C19H22N2O/c1-2-3-6-12-20-19(22)15-9-7-11-18-16(15)13-14-8-4-5-10-17(14)21-18/h4-5,7-11,13,19-20,22H,2-3,6,12H2,1H3. The molecular weight excluding hydrogens is 272 g/mol. The fourth-order valence-corrected chi connectivity index (χ4v) is 2.78. The molecule has 1 unspecified atom stereocenters. The van der Waals surface area contributed by atoms with Gasteiger partial charge in [-0.2, -0.15) is 0 Å². The van der Waals surface area contributed by atoms with Crippen molar-refractivity contribution in [2.24, 2.45) is 0 Å². The summed E-state index contributed by atoms with van der Waals surface area (Å²) in [4.78, 5) is 4.69. The summed E-state index contributed by atoms with van der Waals surface area (Å²) < 4.78 is 0. The summed E-state index contributed by atoms with van der Waals surface area (Å²) in [5.41, 5.74) is 2.80. The van der Waals surface area contributed by atoms with Gasteiger partial charge in [-0.15, -0.1) is 0 Å². The van der Waals surface area contributed by atoms with E-state index < -0.39 is 6.23 Å². The molecule has 1 atom stereocenters. The van der Waals surface area contributed by atoms with Crippen LogP contribution in [0, 0.1) is 0 Å². The zero-order valence-electron chi connectivity index (χ0n) is 12.9. The number of unbranched alkanes of at least 4 members (excludes halogenated alkanes) is 2. The van der Waals surface area contributed by atoms with Gasteiger partial charge in [0.1, 0.15) is 6.23 Å². The Labute approximate surface area is 131 Å². The minimum atomic E-state index is -0.650. The first-order valence-corrected chi connectivity index (χ1v) is 7.99. The summed E-state index contributed by atoms with van der Waals surface area (Å²) >= 11 is 0. The molecule has 2 N–H and O–H groups in total. The van der Waals surface area contributed by atoms with Crippen molar-refractivity contribution < 1.29 is 5.11 Å².